The van der Waals surface area contributed by atoms with Crippen LogP contribution in [0.25, 0.3) is 0 Å². The fourth-order valence-corrected chi connectivity index (χ4v) is 5.25. The van der Waals surface area contributed by atoms with Crippen LogP contribution in [0.5, 0.6) is 0 Å². The van der Waals surface area contributed by atoms with Gasteiger partial charge in [-0.2, -0.15) is 4.98 Å². The number of ether oxygens (including phenoxy) is 2. The number of phosphoric ester groups is 2. The van der Waals surface area contributed by atoms with Crippen LogP contribution in [0.3, 0.4) is 0 Å². The van der Waals surface area contributed by atoms with Gasteiger partial charge in [-0.3, -0.25) is 23.0 Å². The smallest absolute Gasteiger partial charge is 0.351 e. The Labute approximate surface area is 195 Å². The van der Waals surface area contributed by atoms with E-state index in [0.717, 1.165) is 17.7 Å². The Morgan fingerprint density at radius 1 is 1.11 bits per heavy atom. The minimum absolute atomic E-state index is 0.130. The predicted octanol–water partition coefficient (Wildman–Crippen LogP) is -4.53. The summed E-state index contributed by atoms with van der Waals surface area (Å²) in [7, 11) is -11.6. The highest BCUT2D eigenvalue weighted by atomic mass is 31.3. The number of nitrogen functional groups attached to an aromatic ring is 1. The molecule has 198 valence electrons. The van der Waals surface area contributed by atoms with Crippen LogP contribution in [0, 0.1) is 0 Å². The molecule has 10 atom stereocenters. The quantitative estimate of drug-likeness (QED) is 0.192. The van der Waals surface area contributed by atoms with E-state index in [-0.39, 0.29) is 5.82 Å². The molecule has 1 aromatic heterocycles. The molecule has 20 heteroatoms. The number of carbonyl (C=O) groups is 1. The number of anilines is 1. The van der Waals surface area contributed by atoms with Gasteiger partial charge in [-0.1, -0.05) is 0 Å². The summed E-state index contributed by atoms with van der Waals surface area (Å²) in [6.07, 6.45) is -13.3. The van der Waals surface area contributed by atoms with E-state index in [1.165, 1.54) is 6.07 Å². The van der Waals surface area contributed by atoms with Crippen molar-refractivity contribution in [2.24, 2.45) is 0 Å². The van der Waals surface area contributed by atoms with Gasteiger partial charge in [-0.15, -0.1) is 0 Å². The van der Waals surface area contributed by atoms with Crippen LogP contribution < -0.4 is 21.2 Å². The van der Waals surface area contributed by atoms with Gasteiger partial charge in [0, 0.05) is 6.20 Å². The molecule has 2 fully saturated rings. The Balaban J connectivity index is 1.61. The lowest BCUT2D eigenvalue weighted by atomic mass is 10.0. The third-order valence-corrected chi connectivity index (χ3v) is 7.46. The lowest BCUT2D eigenvalue weighted by molar-refractivity contribution is -0.276. The SMILES string of the molecule is C[C@H]1OC(OP(=O)([O-])OP(=O)([O-])OC[C@H]2O[C@@H](n3ccc(N)nc3=O)[C@H](O)[C@@H]2O)[C@H](O)[C@@H](O)C1=O. The fourth-order valence-electron chi connectivity index (χ4n) is 3.17. The number of hydrogen-bond acceptors (Lipinski definition) is 17. The number of nitrogens with two attached hydrogens (primary N) is 1. The highest BCUT2D eigenvalue weighted by molar-refractivity contribution is 7.59. The van der Waals surface area contributed by atoms with Gasteiger partial charge in [0.2, 0.25) is 0 Å². The van der Waals surface area contributed by atoms with E-state index in [0.29, 0.717) is 0 Å². The second kappa shape index (κ2) is 10.4. The molecule has 3 rings (SSSR count). The van der Waals surface area contributed by atoms with Crippen molar-refractivity contribution in [2.45, 2.75) is 56.1 Å². The minimum Gasteiger partial charge on any atom is -0.756 e. The molecule has 35 heavy (non-hydrogen) atoms. The Morgan fingerprint density at radius 3 is 2.40 bits per heavy atom. The minimum atomic E-state index is -5.83. The summed E-state index contributed by atoms with van der Waals surface area (Å²) < 4.78 is 47.3. The molecule has 0 spiro atoms. The third-order valence-electron chi connectivity index (χ3n) is 4.93. The van der Waals surface area contributed by atoms with Crippen molar-refractivity contribution in [2.75, 3.05) is 12.3 Å². The first-order valence-electron chi connectivity index (χ1n) is 9.70. The molecule has 18 nitrogen and oxygen atoms in total. The first kappa shape index (κ1) is 27.9. The molecule has 3 unspecified atom stereocenters. The molecule has 2 aliphatic heterocycles. The van der Waals surface area contributed by atoms with Crippen molar-refractivity contribution in [3.05, 3.63) is 22.7 Å². The van der Waals surface area contributed by atoms with E-state index >= 15 is 0 Å². The van der Waals surface area contributed by atoms with Gasteiger partial charge in [-0.05, 0) is 13.0 Å². The number of ketones is 1. The maximum Gasteiger partial charge on any atom is 0.351 e. The number of nitrogens with zero attached hydrogens (tertiary/aromatic N) is 2. The number of rotatable bonds is 8. The summed E-state index contributed by atoms with van der Waals surface area (Å²) in [6, 6.07) is 1.20. The van der Waals surface area contributed by atoms with E-state index in [1.54, 1.807) is 0 Å². The van der Waals surface area contributed by atoms with Crippen molar-refractivity contribution >= 4 is 27.2 Å². The molecule has 6 N–H and O–H groups in total. The van der Waals surface area contributed by atoms with E-state index < -0.39 is 82.9 Å². The average Bonchev–Trinajstić information content (AvgIpc) is 3.02. The van der Waals surface area contributed by atoms with Crippen molar-refractivity contribution in [1.29, 1.82) is 0 Å². The van der Waals surface area contributed by atoms with E-state index in [4.69, 9.17) is 15.2 Å². The Bertz CT molecular complexity index is 1100. The van der Waals surface area contributed by atoms with E-state index in [9.17, 15) is 48.9 Å². The summed E-state index contributed by atoms with van der Waals surface area (Å²) >= 11 is 0. The fraction of sp³-hybridized carbons (Fsp3) is 0.667. The number of aliphatic hydroxyl groups excluding tert-OH is 4. The third kappa shape index (κ3) is 6.39. The van der Waals surface area contributed by atoms with Crippen molar-refractivity contribution in [3.63, 3.8) is 0 Å². The van der Waals surface area contributed by atoms with Crippen LogP contribution in [0.1, 0.15) is 13.2 Å². The Morgan fingerprint density at radius 2 is 1.77 bits per heavy atom. The largest absolute Gasteiger partial charge is 0.756 e. The lowest BCUT2D eigenvalue weighted by Crippen LogP contribution is -2.54. The van der Waals surface area contributed by atoms with Crippen LogP contribution >= 0.6 is 15.6 Å². The predicted molar refractivity (Wildman–Crippen MR) is 104 cm³/mol. The molecular formula is C15H21N3O15P2-2. The average molecular weight is 545 g/mol. The van der Waals surface area contributed by atoms with Gasteiger partial charge in [0.15, 0.2) is 18.3 Å². The Hall–Kier alpha value is -1.63. The number of hydrogen-bond donors (Lipinski definition) is 5. The Kier molecular flexibility index (Phi) is 8.30. The molecule has 0 bridgehead atoms. The van der Waals surface area contributed by atoms with Crippen molar-refractivity contribution < 1.29 is 67.0 Å². The van der Waals surface area contributed by atoms with Crippen LogP contribution in [0.4, 0.5) is 5.82 Å². The van der Waals surface area contributed by atoms with Gasteiger partial charge in [0.05, 0.1) is 6.61 Å². The molecule has 0 aromatic carbocycles. The molecule has 2 saturated heterocycles. The highest BCUT2D eigenvalue weighted by Crippen LogP contribution is 2.56. The van der Waals surface area contributed by atoms with Gasteiger partial charge >= 0.3 is 5.69 Å². The van der Waals surface area contributed by atoms with Crippen LogP contribution in [-0.2, 0) is 36.8 Å². The molecule has 2 aliphatic rings. The van der Waals surface area contributed by atoms with Crippen LogP contribution in [0.2, 0.25) is 0 Å². The maximum absolute atomic E-state index is 12.0. The molecule has 0 amide bonds. The first-order chi connectivity index (χ1) is 16.1. The zero-order valence-electron chi connectivity index (χ0n) is 17.6. The van der Waals surface area contributed by atoms with E-state index in [2.05, 4.69) is 18.3 Å². The number of aliphatic hydroxyl groups is 4. The first-order valence-corrected chi connectivity index (χ1v) is 12.6. The maximum atomic E-state index is 12.0. The molecule has 0 aliphatic carbocycles. The second-order valence-electron chi connectivity index (χ2n) is 7.45. The van der Waals surface area contributed by atoms with E-state index in [1.807, 2.05) is 0 Å². The zero-order valence-corrected chi connectivity index (χ0v) is 19.4. The second-order valence-corrected chi connectivity index (χ2v) is 10.4. The molecule has 1 aromatic rings. The van der Waals surface area contributed by atoms with Gasteiger partial charge in [0.25, 0.3) is 15.6 Å². The number of aromatic nitrogens is 2. The van der Waals surface area contributed by atoms with Gasteiger partial charge < -0.3 is 49.9 Å². The lowest BCUT2D eigenvalue weighted by Gasteiger charge is -2.38. The summed E-state index contributed by atoms with van der Waals surface area (Å²) in [5.74, 6) is -1.10. The molecule has 3 heterocycles. The monoisotopic (exact) mass is 545 g/mol. The van der Waals surface area contributed by atoms with Crippen molar-refractivity contribution in [1.82, 2.24) is 9.55 Å². The summed E-state index contributed by atoms with van der Waals surface area (Å²) in [5.41, 5.74) is 4.42. The number of phosphoric acid groups is 2. The number of carbonyl (C=O) groups excluding carboxylic acids is 1. The van der Waals surface area contributed by atoms with Gasteiger partial charge in [-0.25, -0.2) is 9.11 Å². The topological polar surface area (TPSA) is 285 Å². The normalized spacial score (nSPS) is 37.1. The molecule has 0 radical (unpaired) electrons. The molecular weight excluding hydrogens is 524 g/mol. The standard InChI is InChI=1S/C15H23N3O15P2/c1-5-8(19)10(21)12(23)14(30-5)32-35(27,28)33-34(25,26)29-4-6-9(20)11(22)13(31-6)18-3-2-7(16)17-15(18)24/h2-3,5-6,9-14,20-23H,4H2,1H3,(H,25,26)(H,27,28)(H2,16,17,24)/p-2/t5-,6-,9-,10+,11-,12-,13-,14?/m1/s1. The number of Topliss-reactive ketones (excluding diaryl/α,β-unsaturated/α-hetero) is 1. The van der Waals surface area contributed by atoms with Crippen molar-refractivity contribution in [3.8, 4) is 0 Å². The molecule has 0 saturated carbocycles. The highest BCUT2D eigenvalue weighted by Gasteiger charge is 2.46. The van der Waals surface area contributed by atoms with Crippen LogP contribution in [-0.4, -0.2) is 85.3 Å². The summed E-state index contributed by atoms with van der Waals surface area (Å²) in [6.45, 7) is 0.0502. The summed E-state index contributed by atoms with van der Waals surface area (Å²) in [4.78, 5) is 50.8. The van der Waals surface area contributed by atoms with Crippen LogP contribution in [0.15, 0.2) is 17.1 Å². The zero-order chi connectivity index (χ0) is 26.3. The summed E-state index contributed by atoms with van der Waals surface area (Å²) in [5, 5.41) is 39.5. The van der Waals surface area contributed by atoms with Gasteiger partial charge in [0.1, 0.15) is 42.4 Å².